The van der Waals surface area contributed by atoms with Gasteiger partial charge in [-0.15, -0.1) is 0 Å². The topological polar surface area (TPSA) is 60.0 Å². The maximum Gasteiger partial charge on any atom is 0.129 e. The van der Waals surface area contributed by atoms with E-state index in [0.717, 1.165) is 0 Å². The van der Waals surface area contributed by atoms with Crippen molar-refractivity contribution in [3.8, 4) is 12.1 Å². The molecular weight excluding hydrogens is 245 g/mol. The Labute approximate surface area is 112 Å². The molecule has 1 aromatic carbocycles. The molecule has 0 aromatic heterocycles. The van der Waals surface area contributed by atoms with Crippen molar-refractivity contribution >= 4 is 0 Å². The van der Waals surface area contributed by atoms with Gasteiger partial charge in [0.05, 0.1) is 24.3 Å². The minimum absolute atomic E-state index is 0.307. The van der Waals surface area contributed by atoms with Crippen LogP contribution in [0.2, 0.25) is 0 Å². The Balaban J connectivity index is 2.72. The number of hydrogen-bond acceptors (Lipinski definition) is 4. The van der Waals surface area contributed by atoms with E-state index in [2.05, 4.69) is 6.07 Å². The molecule has 0 spiro atoms. The first-order valence-corrected chi connectivity index (χ1v) is 5.98. The van der Waals surface area contributed by atoms with Crippen molar-refractivity contribution in [3.05, 3.63) is 35.1 Å². The smallest absolute Gasteiger partial charge is 0.129 e. The molecule has 0 fully saturated rings. The highest BCUT2D eigenvalue weighted by Gasteiger charge is 2.10. The molecule has 19 heavy (non-hydrogen) atoms. The van der Waals surface area contributed by atoms with Crippen LogP contribution >= 0.6 is 0 Å². The highest BCUT2D eigenvalue weighted by molar-refractivity contribution is 5.32. The normalized spacial score (nSPS) is 10.2. The van der Waals surface area contributed by atoms with Crippen LogP contribution in [-0.4, -0.2) is 31.7 Å². The third-order valence-electron chi connectivity index (χ3n) is 2.73. The second-order valence-electron chi connectivity index (χ2n) is 4.10. The van der Waals surface area contributed by atoms with Crippen LogP contribution in [0.15, 0.2) is 18.2 Å². The number of methoxy groups -OCH3 is 1. The fourth-order valence-electron chi connectivity index (χ4n) is 1.68. The van der Waals surface area contributed by atoms with Crippen LogP contribution in [0, 0.1) is 28.5 Å². The molecule has 0 aliphatic heterocycles. The van der Waals surface area contributed by atoms with Gasteiger partial charge in [-0.1, -0.05) is 6.07 Å². The Morgan fingerprint density at radius 1 is 1.32 bits per heavy atom. The fourth-order valence-corrected chi connectivity index (χ4v) is 1.68. The molecule has 1 rings (SSSR count). The van der Waals surface area contributed by atoms with Gasteiger partial charge in [-0.25, -0.2) is 4.39 Å². The zero-order valence-electron chi connectivity index (χ0n) is 10.9. The van der Waals surface area contributed by atoms with Crippen molar-refractivity contribution in [2.75, 3.05) is 26.8 Å². The molecule has 0 amide bonds. The average Bonchev–Trinajstić information content (AvgIpc) is 2.43. The van der Waals surface area contributed by atoms with Gasteiger partial charge < -0.3 is 4.74 Å². The second kappa shape index (κ2) is 8.20. The van der Waals surface area contributed by atoms with Crippen molar-refractivity contribution in [2.45, 2.75) is 13.0 Å². The highest BCUT2D eigenvalue weighted by Crippen LogP contribution is 2.12. The summed E-state index contributed by atoms with van der Waals surface area (Å²) in [6.07, 6.45) is 0.390. The quantitative estimate of drug-likeness (QED) is 0.753. The number of nitrogens with zero attached hydrogens (tertiary/aromatic N) is 3. The third-order valence-corrected chi connectivity index (χ3v) is 2.73. The van der Waals surface area contributed by atoms with Gasteiger partial charge in [0.25, 0.3) is 0 Å². The largest absolute Gasteiger partial charge is 0.383 e. The maximum atomic E-state index is 13.8. The lowest BCUT2D eigenvalue weighted by molar-refractivity contribution is 0.144. The van der Waals surface area contributed by atoms with Crippen LogP contribution < -0.4 is 0 Å². The molecule has 0 bridgehead atoms. The van der Waals surface area contributed by atoms with Crippen molar-refractivity contribution in [1.29, 1.82) is 10.5 Å². The molecule has 0 atom stereocenters. The van der Waals surface area contributed by atoms with E-state index in [9.17, 15) is 4.39 Å². The van der Waals surface area contributed by atoms with Crippen LogP contribution in [0.3, 0.4) is 0 Å². The zero-order chi connectivity index (χ0) is 14.1. The van der Waals surface area contributed by atoms with Crippen LogP contribution in [0.5, 0.6) is 0 Å². The first kappa shape index (κ1) is 15.1. The molecule has 0 aliphatic carbocycles. The van der Waals surface area contributed by atoms with Gasteiger partial charge in [0.2, 0.25) is 0 Å². The average molecular weight is 261 g/mol. The number of halogens is 1. The number of benzene rings is 1. The van der Waals surface area contributed by atoms with E-state index in [-0.39, 0.29) is 0 Å². The van der Waals surface area contributed by atoms with Gasteiger partial charge >= 0.3 is 0 Å². The highest BCUT2D eigenvalue weighted by atomic mass is 19.1. The van der Waals surface area contributed by atoms with Gasteiger partial charge in [0.15, 0.2) is 0 Å². The molecule has 100 valence electrons. The Bertz CT molecular complexity index is 490. The molecule has 0 unspecified atom stereocenters. The number of nitriles is 2. The van der Waals surface area contributed by atoms with E-state index in [1.807, 2.05) is 11.0 Å². The second-order valence-corrected chi connectivity index (χ2v) is 4.10. The Kier molecular flexibility index (Phi) is 6.52. The van der Waals surface area contributed by atoms with Gasteiger partial charge in [-0.3, -0.25) is 4.90 Å². The first-order chi connectivity index (χ1) is 9.21. The van der Waals surface area contributed by atoms with Crippen LogP contribution in [0.25, 0.3) is 0 Å². The minimum Gasteiger partial charge on any atom is -0.383 e. The molecule has 0 saturated heterocycles. The Morgan fingerprint density at radius 3 is 2.68 bits per heavy atom. The molecule has 0 heterocycles. The van der Waals surface area contributed by atoms with Crippen molar-refractivity contribution in [1.82, 2.24) is 4.90 Å². The molecule has 0 N–H and O–H groups in total. The molecular formula is C14H16FN3O. The summed E-state index contributed by atoms with van der Waals surface area (Å²) in [7, 11) is 1.60. The van der Waals surface area contributed by atoms with Gasteiger partial charge in [-0.2, -0.15) is 10.5 Å². The van der Waals surface area contributed by atoms with Crippen LogP contribution in [0.1, 0.15) is 17.5 Å². The molecule has 1 aromatic rings. The molecule has 4 nitrogen and oxygen atoms in total. The maximum absolute atomic E-state index is 13.8. The summed E-state index contributed by atoms with van der Waals surface area (Å²) < 4.78 is 18.8. The third kappa shape index (κ3) is 5.05. The Hall–Kier alpha value is -1.95. The van der Waals surface area contributed by atoms with E-state index in [4.69, 9.17) is 15.3 Å². The lowest BCUT2D eigenvalue weighted by Crippen LogP contribution is -2.28. The van der Waals surface area contributed by atoms with Crippen LogP contribution in [0.4, 0.5) is 4.39 Å². The van der Waals surface area contributed by atoms with E-state index in [0.29, 0.717) is 43.8 Å². The monoisotopic (exact) mass is 261 g/mol. The summed E-state index contributed by atoms with van der Waals surface area (Å²) in [4.78, 5) is 1.96. The molecule has 0 aliphatic rings. The zero-order valence-corrected chi connectivity index (χ0v) is 10.9. The predicted octanol–water partition coefficient (Wildman–Crippen LogP) is 2.06. The number of ether oxygens (including phenoxy) is 1. The predicted molar refractivity (Wildman–Crippen MR) is 68.5 cm³/mol. The lowest BCUT2D eigenvalue weighted by Gasteiger charge is -2.21. The van der Waals surface area contributed by atoms with E-state index >= 15 is 0 Å². The Morgan fingerprint density at radius 2 is 2.11 bits per heavy atom. The van der Waals surface area contributed by atoms with E-state index < -0.39 is 5.82 Å². The molecule has 0 saturated carbocycles. The first-order valence-electron chi connectivity index (χ1n) is 5.98. The van der Waals surface area contributed by atoms with E-state index in [1.54, 1.807) is 19.2 Å². The summed E-state index contributed by atoms with van der Waals surface area (Å²) in [5, 5.41) is 17.3. The lowest BCUT2D eigenvalue weighted by atomic mass is 10.1. The summed E-state index contributed by atoms with van der Waals surface area (Å²) in [5.74, 6) is -0.390. The van der Waals surface area contributed by atoms with Crippen molar-refractivity contribution in [2.24, 2.45) is 0 Å². The standard InChI is InChI=1S/C14H16FN3O/c1-19-8-7-18(6-2-5-16)11-13-4-3-12(10-17)9-14(13)15/h3-4,9H,2,6-8,11H2,1H3. The van der Waals surface area contributed by atoms with Crippen molar-refractivity contribution < 1.29 is 9.13 Å². The van der Waals surface area contributed by atoms with Crippen LogP contribution in [-0.2, 0) is 11.3 Å². The number of rotatable bonds is 7. The fraction of sp³-hybridized carbons (Fsp3) is 0.429. The molecule has 0 radical (unpaired) electrons. The number of hydrogen-bond donors (Lipinski definition) is 0. The van der Waals surface area contributed by atoms with E-state index in [1.165, 1.54) is 6.07 Å². The summed E-state index contributed by atoms with van der Waals surface area (Å²) in [5.41, 5.74) is 0.828. The summed E-state index contributed by atoms with van der Waals surface area (Å²) in [6, 6.07) is 8.41. The summed E-state index contributed by atoms with van der Waals surface area (Å²) >= 11 is 0. The SMILES string of the molecule is COCCN(CCC#N)Cc1ccc(C#N)cc1F. The molecule has 5 heteroatoms. The van der Waals surface area contributed by atoms with Gasteiger partial charge in [-0.05, 0) is 12.1 Å². The summed E-state index contributed by atoms with van der Waals surface area (Å²) in [6.45, 7) is 2.14. The van der Waals surface area contributed by atoms with Gasteiger partial charge in [0.1, 0.15) is 5.82 Å². The van der Waals surface area contributed by atoms with Crippen molar-refractivity contribution in [3.63, 3.8) is 0 Å². The van der Waals surface area contributed by atoms with Gasteiger partial charge in [0, 0.05) is 38.7 Å². The minimum atomic E-state index is -0.390.